The van der Waals surface area contributed by atoms with Crippen molar-refractivity contribution >= 4 is 75.2 Å². The summed E-state index contributed by atoms with van der Waals surface area (Å²) in [5.74, 6) is 1.90. The Bertz CT molecular complexity index is 2760. The van der Waals surface area contributed by atoms with Gasteiger partial charge in [0.25, 0.3) is 5.76 Å². The van der Waals surface area contributed by atoms with Crippen LogP contribution < -0.4 is 16.0 Å². The number of anilines is 2. The van der Waals surface area contributed by atoms with Crippen LogP contribution in [0.15, 0.2) is 118 Å². The molecule has 2 aliphatic rings. The molecule has 370 valence electrons. The molecule has 3 amide bonds. The van der Waals surface area contributed by atoms with E-state index >= 15 is 0 Å². The van der Waals surface area contributed by atoms with Crippen molar-refractivity contribution in [1.82, 2.24) is 34.8 Å². The lowest BCUT2D eigenvalue weighted by molar-refractivity contribution is -0.129. The molecule has 0 bridgehead atoms. The lowest BCUT2D eigenvalue weighted by Gasteiger charge is -2.20. The third-order valence-corrected chi connectivity index (χ3v) is 12.9. The predicted molar refractivity (Wildman–Crippen MR) is 282 cm³/mol. The number of pyridine rings is 1. The number of amides is 3. The number of carbonyl (C=O) groups is 4. The molecule has 8 rings (SSSR count). The fourth-order valence-corrected chi connectivity index (χ4v) is 9.07. The zero-order chi connectivity index (χ0) is 50.8. The number of fused-ring (bicyclic) bond motifs is 1. The summed E-state index contributed by atoms with van der Waals surface area (Å²) in [5, 5.41) is 32.5. The van der Waals surface area contributed by atoms with E-state index in [2.05, 4.69) is 49.2 Å². The SMILES string of the molecule is CC1CCCN1C(=O)CSc1nc2ccccc2n1C#N.CCC(=O)Nc1ncccc1-c1ccccc1.CCNC(=NC)SCC(=O)N1CCCC1.N#Cc1onc(-c2ccccc2)c1NCCC=O. The molecular weight excluding hydrogens is 937 g/mol. The summed E-state index contributed by atoms with van der Waals surface area (Å²) in [6.07, 6.45) is 9.89. The van der Waals surface area contributed by atoms with Crippen molar-refractivity contribution in [1.29, 1.82) is 10.5 Å². The first-order chi connectivity index (χ1) is 34.6. The van der Waals surface area contributed by atoms with Crippen LogP contribution in [0.25, 0.3) is 33.4 Å². The number of benzene rings is 3. The number of nitrogens with one attached hydrogen (secondary N) is 3. The maximum Gasteiger partial charge on any atom is 0.259 e. The molecule has 2 saturated heterocycles. The Morgan fingerprint density at radius 2 is 1.59 bits per heavy atom. The molecule has 6 aromatic rings. The molecule has 0 saturated carbocycles. The molecule has 3 aromatic heterocycles. The van der Waals surface area contributed by atoms with Gasteiger partial charge in [-0.1, -0.05) is 108 Å². The minimum absolute atomic E-state index is 0.0270. The van der Waals surface area contributed by atoms with E-state index in [1.807, 2.05) is 127 Å². The number of aromatic nitrogens is 4. The Morgan fingerprint density at radius 1 is 0.887 bits per heavy atom. The number of hydrogen-bond acceptors (Lipinski definition) is 14. The van der Waals surface area contributed by atoms with Gasteiger partial charge >= 0.3 is 0 Å². The first-order valence-corrected chi connectivity index (χ1v) is 25.5. The Labute approximate surface area is 423 Å². The zero-order valence-corrected chi connectivity index (χ0v) is 42.2. The number of imidazole rings is 1. The first-order valence-electron chi connectivity index (χ1n) is 23.5. The Kier molecular flexibility index (Phi) is 22.6. The van der Waals surface area contributed by atoms with Gasteiger partial charge in [-0.25, -0.2) is 14.5 Å². The molecule has 1 unspecified atom stereocenters. The standard InChI is InChI=1S/C15H16N4OS.C14H14N2O.C13H11N3O2.C10H19N3OS/c1-11-5-4-8-18(11)14(20)9-21-15-17-12-6-2-3-7-13(12)19(15)10-16;1-2-13(17)16-14-12(9-6-10-15-14)11-7-4-3-5-8-11;14-9-11-13(15-7-4-8-17)12(16-18-11)10-5-2-1-3-6-10;1-3-12-10(11-2)15-8-9(14)13-6-4-5-7-13/h2-3,6-7,11H,4-5,8-9H2,1H3;3-10H,2H2,1H3,(H,15,16,17);1-3,5-6,8,15H,4,7H2;3-8H2,1-2H3,(H,11,12). The van der Waals surface area contributed by atoms with Gasteiger partial charge in [-0.3, -0.25) is 19.4 Å². The van der Waals surface area contributed by atoms with E-state index in [-0.39, 0.29) is 23.5 Å². The zero-order valence-electron chi connectivity index (χ0n) is 40.5. The third-order valence-electron chi connectivity index (χ3n) is 11.0. The van der Waals surface area contributed by atoms with Gasteiger partial charge in [-0.2, -0.15) is 10.5 Å². The molecule has 2 aliphatic heterocycles. The maximum atomic E-state index is 12.2. The summed E-state index contributed by atoms with van der Waals surface area (Å²) in [4.78, 5) is 62.2. The monoisotopic (exact) mass is 996 g/mol. The number of carbonyl (C=O) groups excluding carboxylic acids is 4. The van der Waals surface area contributed by atoms with Crippen molar-refractivity contribution in [2.45, 2.75) is 70.5 Å². The first kappa shape index (κ1) is 54.5. The number of nitriles is 2. The number of rotatable bonds is 14. The van der Waals surface area contributed by atoms with E-state index in [4.69, 9.17) is 9.78 Å². The van der Waals surface area contributed by atoms with Gasteiger partial charge in [0, 0.05) is 76.0 Å². The van der Waals surface area contributed by atoms with Crippen LogP contribution in [0.1, 0.15) is 65.1 Å². The summed E-state index contributed by atoms with van der Waals surface area (Å²) in [5.41, 5.74) is 5.52. The van der Waals surface area contributed by atoms with E-state index in [1.165, 1.54) is 28.1 Å². The van der Waals surface area contributed by atoms with Crippen molar-refractivity contribution in [2.75, 3.05) is 61.9 Å². The number of aliphatic imine (C=N–C) groups is 1. The smallest absolute Gasteiger partial charge is 0.259 e. The lowest BCUT2D eigenvalue weighted by atomic mass is 10.1. The second kappa shape index (κ2) is 29.5. The van der Waals surface area contributed by atoms with E-state index in [0.717, 1.165) is 91.0 Å². The highest BCUT2D eigenvalue weighted by Crippen LogP contribution is 2.30. The number of hydrogen-bond donors (Lipinski definition) is 3. The second-order valence-electron chi connectivity index (χ2n) is 15.9. The van der Waals surface area contributed by atoms with Crippen molar-refractivity contribution in [3.05, 3.63) is 109 Å². The number of amidine groups is 1. The normalized spacial score (nSPS) is 13.8. The molecule has 3 N–H and O–H groups in total. The van der Waals surface area contributed by atoms with Gasteiger partial charge in [-0.15, -0.1) is 0 Å². The molecule has 19 heteroatoms. The van der Waals surface area contributed by atoms with Gasteiger partial charge in [0.15, 0.2) is 16.5 Å². The quantitative estimate of drug-likeness (QED) is 0.0305. The summed E-state index contributed by atoms with van der Waals surface area (Å²) < 4.78 is 6.45. The number of aldehydes is 1. The molecule has 1 atom stereocenters. The Hall–Kier alpha value is -7.48. The van der Waals surface area contributed by atoms with E-state index in [0.29, 0.717) is 59.3 Å². The number of nitrogens with zero attached hydrogens (tertiary/aromatic N) is 9. The maximum absolute atomic E-state index is 12.2. The van der Waals surface area contributed by atoms with Crippen LogP contribution in [0, 0.1) is 22.8 Å². The molecule has 17 nitrogen and oxygen atoms in total. The van der Waals surface area contributed by atoms with Crippen LogP contribution in [0.5, 0.6) is 0 Å². The van der Waals surface area contributed by atoms with Crippen molar-refractivity contribution in [2.24, 2.45) is 4.99 Å². The average Bonchev–Trinajstić information content (AvgIpc) is 4.25. The molecule has 0 radical (unpaired) electrons. The minimum atomic E-state index is -0.0270. The van der Waals surface area contributed by atoms with Gasteiger partial charge in [-0.05, 0) is 69.4 Å². The van der Waals surface area contributed by atoms with Crippen LogP contribution in [0.2, 0.25) is 0 Å². The highest BCUT2D eigenvalue weighted by Gasteiger charge is 2.26. The summed E-state index contributed by atoms with van der Waals surface area (Å²) >= 11 is 2.82. The van der Waals surface area contributed by atoms with Gasteiger partial charge < -0.3 is 35.1 Å². The van der Waals surface area contributed by atoms with Gasteiger partial charge in [0.1, 0.15) is 29.6 Å². The molecular formula is C52H60N12O5S2. The number of thioether (sulfide) groups is 2. The van der Waals surface area contributed by atoms with Crippen LogP contribution in [-0.2, 0) is 19.2 Å². The number of para-hydroxylation sites is 2. The van der Waals surface area contributed by atoms with Crippen molar-refractivity contribution in [3.8, 4) is 34.6 Å². The fourth-order valence-electron chi connectivity index (χ4n) is 7.40. The molecule has 0 aliphatic carbocycles. The topological polar surface area (TPSA) is 228 Å². The molecule has 3 aromatic carbocycles. The lowest BCUT2D eigenvalue weighted by Crippen LogP contribution is -2.34. The van der Waals surface area contributed by atoms with Crippen LogP contribution in [-0.4, -0.2) is 116 Å². The highest BCUT2D eigenvalue weighted by molar-refractivity contribution is 8.14. The van der Waals surface area contributed by atoms with Gasteiger partial charge in [0.2, 0.25) is 17.7 Å². The Morgan fingerprint density at radius 3 is 2.23 bits per heavy atom. The van der Waals surface area contributed by atoms with E-state index < -0.39 is 0 Å². The molecule has 5 heterocycles. The van der Waals surface area contributed by atoms with Crippen molar-refractivity contribution < 1.29 is 23.7 Å². The van der Waals surface area contributed by atoms with E-state index in [9.17, 15) is 24.4 Å². The summed E-state index contributed by atoms with van der Waals surface area (Å²) in [6, 6.07) is 32.9. The minimum Gasteiger partial charge on any atom is -0.379 e. The molecule has 2 fully saturated rings. The highest BCUT2D eigenvalue weighted by atomic mass is 32.2. The largest absolute Gasteiger partial charge is 0.379 e. The van der Waals surface area contributed by atoms with Crippen LogP contribution in [0.3, 0.4) is 0 Å². The second-order valence-corrected chi connectivity index (χ2v) is 17.8. The average molecular weight is 997 g/mol. The fraction of sp³-hybridized carbons (Fsp3) is 0.346. The van der Waals surface area contributed by atoms with Gasteiger partial charge in [0.05, 0.1) is 22.5 Å². The third kappa shape index (κ3) is 16.3. The Balaban J connectivity index is 0.000000177. The van der Waals surface area contributed by atoms with E-state index in [1.54, 1.807) is 13.2 Å². The summed E-state index contributed by atoms with van der Waals surface area (Å²) in [6.45, 7) is 9.92. The molecule has 71 heavy (non-hydrogen) atoms. The molecule has 0 spiro atoms. The van der Waals surface area contributed by atoms with Crippen LogP contribution >= 0.6 is 23.5 Å². The summed E-state index contributed by atoms with van der Waals surface area (Å²) in [7, 11) is 1.74. The predicted octanol–water partition coefficient (Wildman–Crippen LogP) is 8.72. The van der Waals surface area contributed by atoms with Crippen molar-refractivity contribution in [3.63, 3.8) is 0 Å². The number of likely N-dealkylation sites (tertiary alicyclic amines) is 2. The van der Waals surface area contributed by atoms with Crippen LogP contribution in [0.4, 0.5) is 11.5 Å².